The van der Waals surface area contributed by atoms with Gasteiger partial charge in [0.05, 0.1) is 0 Å². The number of aromatic nitrogens is 2. The first-order valence-electron chi connectivity index (χ1n) is 6.48. The molecule has 1 saturated carbocycles. The van der Waals surface area contributed by atoms with Crippen molar-refractivity contribution >= 4 is 5.78 Å². The molecule has 0 aromatic carbocycles. The van der Waals surface area contributed by atoms with Gasteiger partial charge in [-0.05, 0) is 37.2 Å². The van der Waals surface area contributed by atoms with E-state index in [4.69, 9.17) is 4.74 Å². The fourth-order valence-electron chi connectivity index (χ4n) is 2.68. The van der Waals surface area contributed by atoms with Crippen molar-refractivity contribution in [3.8, 4) is 0 Å². The Kier molecular flexibility index (Phi) is 3.32. The molecule has 4 heteroatoms. The van der Waals surface area contributed by atoms with E-state index in [-0.39, 0.29) is 5.78 Å². The number of rotatable bonds is 3. The zero-order valence-electron chi connectivity index (χ0n) is 11.7. The smallest absolute Gasteiger partial charge is 0.212 e. The van der Waals surface area contributed by atoms with Gasteiger partial charge in [-0.15, -0.1) is 0 Å². The van der Waals surface area contributed by atoms with Gasteiger partial charge in [0, 0.05) is 20.4 Å². The molecule has 1 aromatic rings. The van der Waals surface area contributed by atoms with Crippen LogP contribution in [0.4, 0.5) is 0 Å². The molecule has 1 aromatic heterocycles. The molecule has 1 aliphatic carbocycles. The number of aryl methyl sites for hydroxylation is 1. The molecular formula is C14H22N2O2. The third-order valence-corrected chi connectivity index (χ3v) is 4.27. The lowest BCUT2D eigenvalue weighted by atomic mass is 9.69. The van der Waals surface area contributed by atoms with Crippen LogP contribution in [-0.4, -0.2) is 28.3 Å². The molecule has 0 atom stereocenters. The second-order valence-electron chi connectivity index (χ2n) is 6.03. The highest BCUT2D eigenvalue weighted by Crippen LogP contribution is 2.43. The largest absolute Gasteiger partial charge is 0.370 e. The second kappa shape index (κ2) is 4.50. The number of ketones is 1. The maximum Gasteiger partial charge on any atom is 0.212 e. The summed E-state index contributed by atoms with van der Waals surface area (Å²) in [4.78, 5) is 12.7. The summed E-state index contributed by atoms with van der Waals surface area (Å²) in [6.45, 7) is 4.50. The molecule has 0 spiro atoms. The Morgan fingerprint density at radius 3 is 2.39 bits per heavy atom. The van der Waals surface area contributed by atoms with E-state index in [9.17, 15) is 4.79 Å². The molecule has 2 rings (SSSR count). The van der Waals surface area contributed by atoms with Gasteiger partial charge in [0.15, 0.2) is 0 Å². The van der Waals surface area contributed by atoms with Crippen LogP contribution in [0.5, 0.6) is 0 Å². The van der Waals surface area contributed by atoms with E-state index in [1.807, 2.05) is 0 Å². The Hall–Kier alpha value is -1.16. The van der Waals surface area contributed by atoms with Gasteiger partial charge in [0.25, 0.3) is 0 Å². The van der Waals surface area contributed by atoms with E-state index in [1.54, 1.807) is 31.1 Å². The zero-order valence-corrected chi connectivity index (χ0v) is 11.7. The number of methoxy groups -OCH3 is 1. The van der Waals surface area contributed by atoms with Gasteiger partial charge >= 0.3 is 0 Å². The fraction of sp³-hybridized carbons (Fsp3) is 0.714. The van der Waals surface area contributed by atoms with Gasteiger partial charge in [0.2, 0.25) is 5.78 Å². The monoisotopic (exact) mass is 250 g/mol. The highest BCUT2D eigenvalue weighted by atomic mass is 16.5. The number of ether oxygens (including phenoxy) is 1. The predicted octanol–water partition coefficient (Wildman–Crippen LogP) is 2.59. The van der Waals surface area contributed by atoms with Crippen LogP contribution >= 0.6 is 0 Å². The SMILES string of the molecule is COC1(C(=O)c2ccnn2C)CCC(C)(C)CC1. The number of carbonyl (C=O) groups is 1. The van der Waals surface area contributed by atoms with Gasteiger partial charge in [-0.3, -0.25) is 9.48 Å². The summed E-state index contributed by atoms with van der Waals surface area (Å²) in [6, 6.07) is 1.77. The minimum atomic E-state index is -0.649. The van der Waals surface area contributed by atoms with Crippen molar-refractivity contribution in [2.75, 3.05) is 7.11 Å². The third kappa shape index (κ3) is 2.21. The summed E-state index contributed by atoms with van der Waals surface area (Å²) >= 11 is 0. The highest BCUT2D eigenvalue weighted by Gasteiger charge is 2.45. The Balaban J connectivity index is 2.24. The van der Waals surface area contributed by atoms with Gasteiger partial charge < -0.3 is 4.74 Å². The number of nitrogens with zero attached hydrogens (tertiary/aromatic N) is 2. The van der Waals surface area contributed by atoms with Gasteiger partial charge in [-0.2, -0.15) is 5.10 Å². The molecule has 100 valence electrons. The highest BCUT2D eigenvalue weighted by molar-refractivity contribution is 6.01. The molecule has 4 nitrogen and oxygen atoms in total. The average Bonchev–Trinajstić information content (AvgIpc) is 2.75. The summed E-state index contributed by atoms with van der Waals surface area (Å²) < 4.78 is 7.25. The predicted molar refractivity (Wildman–Crippen MR) is 69.5 cm³/mol. The quantitative estimate of drug-likeness (QED) is 0.774. The maximum atomic E-state index is 12.7. The van der Waals surface area contributed by atoms with Crippen LogP contribution in [0.3, 0.4) is 0 Å². The molecule has 1 heterocycles. The van der Waals surface area contributed by atoms with Crippen molar-refractivity contribution in [1.29, 1.82) is 0 Å². The van der Waals surface area contributed by atoms with Crippen molar-refractivity contribution in [2.45, 2.75) is 45.1 Å². The summed E-state index contributed by atoms with van der Waals surface area (Å²) in [5.41, 5.74) is 0.300. The molecular weight excluding hydrogens is 228 g/mol. The van der Waals surface area contributed by atoms with Crippen LogP contribution in [0, 0.1) is 5.41 Å². The van der Waals surface area contributed by atoms with E-state index < -0.39 is 5.60 Å². The van der Waals surface area contributed by atoms with E-state index in [1.165, 1.54) is 0 Å². The van der Waals surface area contributed by atoms with Crippen LogP contribution < -0.4 is 0 Å². The molecule has 0 saturated heterocycles. The van der Waals surface area contributed by atoms with Crippen molar-refractivity contribution < 1.29 is 9.53 Å². The first-order valence-corrected chi connectivity index (χ1v) is 6.48. The third-order valence-electron chi connectivity index (χ3n) is 4.27. The fourth-order valence-corrected chi connectivity index (χ4v) is 2.68. The van der Waals surface area contributed by atoms with Crippen LogP contribution in [0.25, 0.3) is 0 Å². The molecule has 0 amide bonds. The molecule has 0 radical (unpaired) electrons. The van der Waals surface area contributed by atoms with E-state index >= 15 is 0 Å². The Morgan fingerprint density at radius 1 is 1.33 bits per heavy atom. The number of carbonyl (C=O) groups excluding carboxylic acids is 1. The lowest BCUT2D eigenvalue weighted by molar-refractivity contribution is -0.0388. The van der Waals surface area contributed by atoms with Crippen molar-refractivity contribution in [3.05, 3.63) is 18.0 Å². The molecule has 1 aliphatic rings. The first-order chi connectivity index (χ1) is 8.40. The zero-order chi connectivity index (χ0) is 13.4. The maximum absolute atomic E-state index is 12.7. The second-order valence-corrected chi connectivity index (χ2v) is 6.03. The standard InChI is InChI=1S/C14H22N2O2/c1-13(2)6-8-14(18-4,9-7-13)12(17)11-5-10-15-16(11)3/h5,10H,6-9H2,1-4H3. The molecule has 18 heavy (non-hydrogen) atoms. The normalized spacial score (nSPS) is 21.8. The van der Waals surface area contributed by atoms with E-state index in [2.05, 4.69) is 18.9 Å². The molecule has 0 unspecified atom stereocenters. The van der Waals surface area contributed by atoms with E-state index in [0.717, 1.165) is 25.7 Å². The molecule has 0 N–H and O–H groups in total. The minimum absolute atomic E-state index is 0.0699. The topological polar surface area (TPSA) is 44.1 Å². The summed E-state index contributed by atoms with van der Waals surface area (Å²) in [5.74, 6) is 0.0699. The number of Topliss-reactive ketones (excluding diaryl/α,β-unsaturated/α-hetero) is 1. The molecule has 0 bridgehead atoms. The first kappa shape index (κ1) is 13.3. The minimum Gasteiger partial charge on any atom is -0.370 e. The molecule has 1 fully saturated rings. The van der Waals surface area contributed by atoms with Gasteiger partial charge in [-0.1, -0.05) is 13.8 Å². The van der Waals surface area contributed by atoms with Crippen molar-refractivity contribution in [2.24, 2.45) is 12.5 Å². The van der Waals surface area contributed by atoms with Gasteiger partial charge in [0.1, 0.15) is 11.3 Å². The van der Waals surface area contributed by atoms with E-state index in [0.29, 0.717) is 11.1 Å². The average molecular weight is 250 g/mol. The van der Waals surface area contributed by atoms with Gasteiger partial charge in [-0.25, -0.2) is 0 Å². The van der Waals surface area contributed by atoms with Crippen LogP contribution in [0.1, 0.15) is 50.0 Å². The van der Waals surface area contributed by atoms with Crippen LogP contribution in [0.15, 0.2) is 12.3 Å². The Bertz CT molecular complexity index is 438. The van der Waals surface area contributed by atoms with Crippen molar-refractivity contribution in [1.82, 2.24) is 9.78 Å². The van der Waals surface area contributed by atoms with Crippen LogP contribution in [-0.2, 0) is 11.8 Å². The Labute approximate surface area is 108 Å². The molecule has 0 aliphatic heterocycles. The van der Waals surface area contributed by atoms with Crippen molar-refractivity contribution in [3.63, 3.8) is 0 Å². The number of hydrogen-bond acceptors (Lipinski definition) is 3. The Morgan fingerprint density at radius 2 is 1.94 bits per heavy atom. The summed E-state index contributed by atoms with van der Waals surface area (Å²) in [6.07, 6.45) is 5.28. The summed E-state index contributed by atoms with van der Waals surface area (Å²) in [7, 11) is 3.44. The summed E-state index contributed by atoms with van der Waals surface area (Å²) in [5, 5.41) is 4.07. The number of hydrogen-bond donors (Lipinski definition) is 0. The lowest BCUT2D eigenvalue weighted by Crippen LogP contribution is -2.46. The lowest BCUT2D eigenvalue weighted by Gasteiger charge is -2.41. The van der Waals surface area contributed by atoms with Crippen LogP contribution in [0.2, 0.25) is 0 Å².